The Balaban J connectivity index is 2.40. The second-order valence-corrected chi connectivity index (χ2v) is 5.34. The Morgan fingerprint density at radius 2 is 1.50 bits per heavy atom. The van der Waals surface area contributed by atoms with Crippen LogP contribution in [0.15, 0.2) is 48.0 Å². The van der Waals surface area contributed by atoms with E-state index in [0.29, 0.717) is 0 Å². The number of benzene rings is 2. The normalized spacial score (nSPS) is 11.5. The molecule has 102 valence electrons. The van der Waals surface area contributed by atoms with Gasteiger partial charge in [0.25, 0.3) is 0 Å². The quantitative estimate of drug-likeness (QED) is 0.569. The predicted octanol–water partition coefficient (Wildman–Crippen LogP) is 4.90. The van der Waals surface area contributed by atoms with Crippen molar-refractivity contribution < 1.29 is 4.79 Å². The molecule has 0 heterocycles. The fraction of sp³-hybridized carbons (Fsp3) is 0.211. The van der Waals surface area contributed by atoms with Crippen LogP contribution in [0, 0.1) is 20.8 Å². The minimum absolute atomic E-state index is 0.115. The summed E-state index contributed by atoms with van der Waals surface area (Å²) in [6, 6.07) is 14.1. The molecule has 2 rings (SSSR count). The SMILES string of the molecule is C/C(=C\c1ccccc1)C(=O)c1c(C)cc(C)cc1C. The molecule has 1 heteroatoms. The lowest BCUT2D eigenvalue weighted by atomic mass is 9.93. The summed E-state index contributed by atoms with van der Waals surface area (Å²) in [6.07, 6.45) is 1.95. The highest BCUT2D eigenvalue weighted by Gasteiger charge is 2.14. The van der Waals surface area contributed by atoms with E-state index in [9.17, 15) is 4.79 Å². The number of carbonyl (C=O) groups is 1. The van der Waals surface area contributed by atoms with E-state index in [1.807, 2.05) is 57.2 Å². The van der Waals surface area contributed by atoms with Crippen LogP contribution in [0.2, 0.25) is 0 Å². The molecule has 0 radical (unpaired) electrons. The van der Waals surface area contributed by atoms with Crippen LogP contribution < -0.4 is 0 Å². The van der Waals surface area contributed by atoms with Crippen LogP contribution in [-0.4, -0.2) is 5.78 Å². The second-order valence-electron chi connectivity index (χ2n) is 5.34. The van der Waals surface area contributed by atoms with Crippen molar-refractivity contribution in [2.45, 2.75) is 27.7 Å². The molecule has 0 saturated heterocycles. The summed E-state index contributed by atoms with van der Waals surface area (Å²) >= 11 is 0. The largest absolute Gasteiger partial charge is 0.289 e. The van der Waals surface area contributed by atoms with Crippen LogP contribution in [0.5, 0.6) is 0 Å². The Hall–Kier alpha value is -2.15. The van der Waals surface area contributed by atoms with Gasteiger partial charge in [0.05, 0.1) is 0 Å². The molecule has 0 aliphatic rings. The van der Waals surface area contributed by atoms with Crippen LogP contribution >= 0.6 is 0 Å². The maximum atomic E-state index is 12.6. The number of ketones is 1. The predicted molar refractivity (Wildman–Crippen MR) is 85.1 cm³/mol. The van der Waals surface area contributed by atoms with Gasteiger partial charge in [0.2, 0.25) is 0 Å². The Labute approximate surface area is 121 Å². The summed E-state index contributed by atoms with van der Waals surface area (Å²) in [7, 11) is 0. The van der Waals surface area contributed by atoms with Crippen molar-refractivity contribution in [2.75, 3.05) is 0 Å². The van der Waals surface area contributed by atoms with E-state index in [2.05, 4.69) is 19.1 Å². The first-order valence-corrected chi connectivity index (χ1v) is 6.85. The molecule has 0 N–H and O–H groups in total. The topological polar surface area (TPSA) is 17.1 Å². The molecule has 2 aromatic rings. The third-order valence-electron chi connectivity index (χ3n) is 3.44. The highest BCUT2D eigenvalue weighted by atomic mass is 16.1. The zero-order chi connectivity index (χ0) is 14.7. The lowest BCUT2D eigenvalue weighted by molar-refractivity contribution is 0.103. The monoisotopic (exact) mass is 264 g/mol. The summed E-state index contributed by atoms with van der Waals surface area (Å²) in [6.45, 7) is 7.95. The molecule has 0 unspecified atom stereocenters. The lowest BCUT2D eigenvalue weighted by Crippen LogP contribution is -2.06. The molecule has 0 fully saturated rings. The van der Waals surface area contributed by atoms with E-state index in [1.165, 1.54) is 5.56 Å². The Bertz CT molecular complexity index is 640. The third kappa shape index (κ3) is 3.05. The summed E-state index contributed by atoms with van der Waals surface area (Å²) in [5, 5.41) is 0. The molecule has 0 saturated carbocycles. The number of aryl methyl sites for hydroxylation is 3. The van der Waals surface area contributed by atoms with Gasteiger partial charge in [0.15, 0.2) is 5.78 Å². The highest BCUT2D eigenvalue weighted by molar-refractivity contribution is 6.12. The van der Waals surface area contributed by atoms with E-state index in [-0.39, 0.29) is 5.78 Å². The van der Waals surface area contributed by atoms with Crippen molar-refractivity contribution in [2.24, 2.45) is 0 Å². The third-order valence-corrected chi connectivity index (χ3v) is 3.44. The molecule has 0 aliphatic heterocycles. The zero-order valence-electron chi connectivity index (χ0n) is 12.5. The van der Waals surface area contributed by atoms with Gasteiger partial charge in [-0.05, 0) is 56.0 Å². The summed E-state index contributed by atoms with van der Waals surface area (Å²) in [5.74, 6) is 0.115. The van der Waals surface area contributed by atoms with Gasteiger partial charge >= 0.3 is 0 Å². The average molecular weight is 264 g/mol. The molecule has 0 aromatic heterocycles. The highest BCUT2D eigenvalue weighted by Crippen LogP contribution is 2.21. The van der Waals surface area contributed by atoms with Crippen LogP contribution in [0.1, 0.15) is 39.5 Å². The summed E-state index contributed by atoms with van der Waals surface area (Å²) < 4.78 is 0. The van der Waals surface area contributed by atoms with E-state index in [1.54, 1.807) is 0 Å². The van der Waals surface area contributed by atoms with Crippen LogP contribution in [0.4, 0.5) is 0 Å². The number of Topliss-reactive ketones (excluding diaryl/α,β-unsaturated/α-hetero) is 1. The first kappa shape index (κ1) is 14.3. The van der Waals surface area contributed by atoms with Gasteiger partial charge in [-0.15, -0.1) is 0 Å². The van der Waals surface area contributed by atoms with Gasteiger partial charge in [-0.2, -0.15) is 0 Å². The molecule has 0 amide bonds. The van der Waals surface area contributed by atoms with E-state index in [0.717, 1.165) is 27.8 Å². The molecular formula is C19H20O. The van der Waals surface area contributed by atoms with Gasteiger partial charge in [0, 0.05) is 5.56 Å². The maximum Gasteiger partial charge on any atom is 0.189 e. The Kier molecular flexibility index (Phi) is 4.19. The van der Waals surface area contributed by atoms with E-state index in [4.69, 9.17) is 0 Å². The van der Waals surface area contributed by atoms with Gasteiger partial charge in [-0.1, -0.05) is 48.0 Å². The van der Waals surface area contributed by atoms with Gasteiger partial charge in [-0.25, -0.2) is 0 Å². The maximum absolute atomic E-state index is 12.6. The Morgan fingerprint density at radius 1 is 0.950 bits per heavy atom. The smallest absolute Gasteiger partial charge is 0.189 e. The fourth-order valence-electron chi connectivity index (χ4n) is 2.60. The number of hydrogen-bond donors (Lipinski definition) is 0. The fourth-order valence-corrected chi connectivity index (χ4v) is 2.60. The average Bonchev–Trinajstić information content (AvgIpc) is 2.38. The molecule has 1 nitrogen and oxygen atoms in total. The zero-order valence-corrected chi connectivity index (χ0v) is 12.5. The lowest BCUT2D eigenvalue weighted by Gasteiger charge is -2.10. The van der Waals surface area contributed by atoms with Crippen molar-refractivity contribution in [3.05, 3.63) is 75.9 Å². The number of carbonyl (C=O) groups excluding carboxylic acids is 1. The van der Waals surface area contributed by atoms with Crippen molar-refractivity contribution in [3.8, 4) is 0 Å². The minimum Gasteiger partial charge on any atom is -0.289 e. The summed E-state index contributed by atoms with van der Waals surface area (Å²) in [4.78, 5) is 12.6. The first-order valence-electron chi connectivity index (χ1n) is 6.85. The molecule has 2 aromatic carbocycles. The van der Waals surface area contributed by atoms with Gasteiger partial charge in [-0.3, -0.25) is 4.79 Å². The first-order chi connectivity index (χ1) is 9.49. The number of allylic oxidation sites excluding steroid dienone is 1. The van der Waals surface area contributed by atoms with Crippen molar-refractivity contribution in [1.29, 1.82) is 0 Å². The van der Waals surface area contributed by atoms with Crippen LogP contribution in [0.25, 0.3) is 6.08 Å². The molecule has 0 spiro atoms. The molecular weight excluding hydrogens is 244 g/mol. The van der Waals surface area contributed by atoms with Crippen LogP contribution in [0.3, 0.4) is 0 Å². The van der Waals surface area contributed by atoms with E-state index < -0.39 is 0 Å². The number of rotatable bonds is 3. The van der Waals surface area contributed by atoms with E-state index >= 15 is 0 Å². The Morgan fingerprint density at radius 3 is 2.05 bits per heavy atom. The van der Waals surface area contributed by atoms with Crippen molar-refractivity contribution in [1.82, 2.24) is 0 Å². The minimum atomic E-state index is 0.115. The van der Waals surface area contributed by atoms with Gasteiger partial charge in [0.1, 0.15) is 0 Å². The molecule has 0 aliphatic carbocycles. The number of hydrogen-bond acceptors (Lipinski definition) is 1. The standard InChI is InChI=1S/C19H20O/c1-13-10-14(2)18(15(3)11-13)19(20)16(4)12-17-8-6-5-7-9-17/h5-12H,1-4H3/b16-12+. The van der Waals surface area contributed by atoms with Gasteiger partial charge < -0.3 is 0 Å². The second kappa shape index (κ2) is 5.87. The van der Waals surface area contributed by atoms with Crippen LogP contribution in [-0.2, 0) is 0 Å². The van der Waals surface area contributed by atoms with Crippen molar-refractivity contribution in [3.63, 3.8) is 0 Å². The summed E-state index contributed by atoms with van der Waals surface area (Å²) in [5.41, 5.74) is 5.95. The molecule has 20 heavy (non-hydrogen) atoms. The molecule has 0 bridgehead atoms. The van der Waals surface area contributed by atoms with Crippen molar-refractivity contribution >= 4 is 11.9 Å². The molecule has 0 atom stereocenters.